The Kier molecular flexibility index (Phi) is 3.42. The summed E-state index contributed by atoms with van der Waals surface area (Å²) in [5.74, 6) is 2.01. The van der Waals surface area contributed by atoms with Gasteiger partial charge >= 0.3 is 0 Å². The van der Waals surface area contributed by atoms with Crippen LogP contribution >= 0.6 is 0 Å². The third-order valence-corrected chi connectivity index (χ3v) is 5.21. The summed E-state index contributed by atoms with van der Waals surface area (Å²) in [6.07, 6.45) is 8.47. The van der Waals surface area contributed by atoms with Crippen molar-refractivity contribution in [1.82, 2.24) is 4.90 Å². The molecule has 2 aliphatic carbocycles. The van der Waals surface area contributed by atoms with Gasteiger partial charge in [0.15, 0.2) is 0 Å². The number of hydrogen-bond acceptors (Lipinski definition) is 3. The second-order valence-electron chi connectivity index (χ2n) is 6.22. The fourth-order valence-electron chi connectivity index (χ4n) is 3.99. The number of morpholine rings is 1. The van der Waals surface area contributed by atoms with Crippen LogP contribution in [0.4, 0.5) is 0 Å². The zero-order valence-corrected chi connectivity index (χ0v) is 10.9. The minimum Gasteiger partial charge on any atom is -0.379 e. The van der Waals surface area contributed by atoms with Crippen molar-refractivity contribution in [1.29, 1.82) is 0 Å². The highest BCUT2D eigenvalue weighted by atomic mass is 16.5. The van der Waals surface area contributed by atoms with E-state index in [0.717, 1.165) is 44.7 Å². The highest BCUT2D eigenvalue weighted by Crippen LogP contribution is 2.47. The van der Waals surface area contributed by atoms with E-state index in [9.17, 15) is 0 Å². The van der Waals surface area contributed by atoms with Gasteiger partial charge in [-0.15, -0.1) is 0 Å². The summed E-state index contributed by atoms with van der Waals surface area (Å²) >= 11 is 0. The van der Waals surface area contributed by atoms with E-state index in [2.05, 4.69) is 4.90 Å². The lowest BCUT2D eigenvalue weighted by molar-refractivity contribution is -0.0438. The van der Waals surface area contributed by atoms with Crippen molar-refractivity contribution in [2.45, 2.75) is 44.1 Å². The number of hydrogen-bond donors (Lipinski definition) is 1. The largest absolute Gasteiger partial charge is 0.379 e. The maximum Gasteiger partial charge on any atom is 0.0594 e. The third kappa shape index (κ3) is 2.38. The van der Waals surface area contributed by atoms with Crippen molar-refractivity contribution in [2.75, 3.05) is 32.8 Å². The molecular weight excluding hydrogens is 212 g/mol. The lowest BCUT2D eigenvalue weighted by Crippen LogP contribution is -2.59. The fraction of sp³-hybridized carbons (Fsp3) is 1.00. The van der Waals surface area contributed by atoms with Crippen molar-refractivity contribution in [3.05, 3.63) is 0 Å². The number of rotatable bonds is 3. The Labute approximate surface area is 105 Å². The number of ether oxygens (including phenoxy) is 1. The summed E-state index contributed by atoms with van der Waals surface area (Å²) in [6, 6.07) is 0. The van der Waals surface area contributed by atoms with E-state index < -0.39 is 0 Å². The van der Waals surface area contributed by atoms with Gasteiger partial charge in [0.25, 0.3) is 0 Å². The Morgan fingerprint density at radius 2 is 1.88 bits per heavy atom. The number of nitrogens with zero attached hydrogens (tertiary/aromatic N) is 1. The standard InChI is InChI=1S/C14H26N2O/c15-11-14(16-6-8-17-9-7-16)5-1-2-13(10-14)12-3-4-12/h12-13H,1-11,15H2. The van der Waals surface area contributed by atoms with Crippen LogP contribution in [0.15, 0.2) is 0 Å². The van der Waals surface area contributed by atoms with Crippen molar-refractivity contribution in [3.8, 4) is 0 Å². The molecule has 0 aromatic carbocycles. The van der Waals surface area contributed by atoms with Crippen molar-refractivity contribution >= 4 is 0 Å². The number of nitrogens with two attached hydrogens (primary N) is 1. The van der Waals surface area contributed by atoms with Gasteiger partial charge in [0.05, 0.1) is 13.2 Å². The van der Waals surface area contributed by atoms with E-state index in [0.29, 0.717) is 5.54 Å². The van der Waals surface area contributed by atoms with Crippen LogP contribution in [0, 0.1) is 11.8 Å². The molecule has 0 amide bonds. The summed E-state index contributed by atoms with van der Waals surface area (Å²) in [6.45, 7) is 4.82. The highest BCUT2D eigenvalue weighted by molar-refractivity contribution is 5.00. The van der Waals surface area contributed by atoms with Gasteiger partial charge in [-0.3, -0.25) is 4.90 Å². The predicted octanol–water partition coefficient (Wildman–Crippen LogP) is 1.62. The molecule has 1 saturated heterocycles. The molecule has 3 aliphatic rings. The van der Waals surface area contributed by atoms with E-state index in [4.69, 9.17) is 10.5 Å². The van der Waals surface area contributed by atoms with Gasteiger partial charge < -0.3 is 10.5 Å². The van der Waals surface area contributed by atoms with Crippen LogP contribution in [0.3, 0.4) is 0 Å². The van der Waals surface area contributed by atoms with Gasteiger partial charge in [-0.25, -0.2) is 0 Å². The Bertz CT molecular complexity index is 261. The molecule has 1 aliphatic heterocycles. The molecule has 0 radical (unpaired) electrons. The van der Waals surface area contributed by atoms with Crippen molar-refractivity contribution in [2.24, 2.45) is 17.6 Å². The lowest BCUT2D eigenvalue weighted by atomic mass is 9.72. The van der Waals surface area contributed by atoms with Gasteiger partial charge in [0, 0.05) is 25.2 Å². The molecule has 2 N–H and O–H groups in total. The maximum absolute atomic E-state index is 6.17. The third-order valence-electron chi connectivity index (χ3n) is 5.21. The molecule has 98 valence electrons. The predicted molar refractivity (Wildman–Crippen MR) is 68.9 cm³/mol. The smallest absolute Gasteiger partial charge is 0.0594 e. The normalized spacial score (nSPS) is 40.4. The molecule has 0 spiro atoms. The molecule has 0 aromatic rings. The minimum absolute atomic E-state index is 0.315. The zero-order chi connectivity index (χ0) is 11.7. The average Bonchev–Trinajstić information content (AvgIpc) is 3.24. The molecule has 1 heterocycles. The topological polar surface area (TPSA) is 38.5 Å². The van der Waals surface area contributed by atoms with Crippen LogP contribution in [-0.2, 0) is 4.74 Å². The van der Waals surface area contributed by atoms with Crippen LogP contribution in [0.2, 0.25) is 0 Å². The molecule has 2 unspecified atom stereocenters. The highest BCUT2D eigenvalue weighted by Gasteiger charge is 2.44. The van der Waals surface area contributed by atoms with Gasteiger partial charge in [-0.05, 0) is 37.5 Å². The monoisotopic (exact) mass is 238 g/mol. The van der Waals surface area contributed by atoms with Crippen molar-refractivity contribution < 1.29 is 4.74 Å². The molecular formula is C14H26N2O. The summed E-state index contributed by atoms with van der Waals surface area (Å²) in [7, 11) is 0. The van der Waals surface area contributed by atoms with E-state index in [-0.39, 0.29) is 0 Å². The average molecular weight is 238 g/mol. The molecule has 3 fully saturated rings. The van der Waals surface area contributed by atoms with E-state index >= 15 is 0 Å². The van der Waals surface area contributed by atoms with Crippen LogP contribution in [-0.4, -0.2) is 43.3 Å². The molecule has 3 rings (SSSR count). The molecule has 2 atom stereocenters. The Hall–Kier alpha value is -0.120. The Morgan fingerprint density at radius 1 is 1.12 bits per heavy atom. The Morgan fingerprint density at radius 3 is 2.53 bits per heavy atom. The first-order valence-corrected chi connectivity index (χ1v) is 7.37. The van der Waals surface area contributed by atoms with Crippen LogP contribution in [0.1, 0.15) is 38.5 Å². The molecule has 17 heavy (non-hydrogen) atoms. The SMILES string of the molecule is NCC1(N2CCOCC2)CCCC(C2CC2)C1. The summed E-state index contributed by atoms with van der Waals surface area (Å²) < 4.78 is 5.48. The van der Waals surface area contributed by atoms with Gasteiger partial charge in [0.2, 0.25) is 0 Å². The van der Waals surface area contributed by atoms with Gasteiger partial charge in [0.1, 0.15) is 0 Å². The molecule has 2 saturated carbocycles. The lowest BCUT2D eigenvalue weighted by Gasteiger charge is -2.49. The maximum atomic E-state index is 6.17. The minimum atomic E-state index is 0.315. The first kappa shape index (κ1) is 11.9. The second kappa shape index (κ2) is 4.87. The first-order chi connectivity index (χ1) is 8.34. The second-order valence-corrected chi connectivity index (χ2v) is 6.22. The van der Waals surface area contributed by atoms with E-state index in [1.54, 1.807) is 0 Å². The summed E-state index contributed by atoms with van der Waals surface area (Å²) in [4.78, 5) is 2.64. The quantitative estimate of drug-likeness (QED) is 0.812. The zero-order valence-electron chi connectivity index (χ0n) is 10.9. The Balaban J connectivity index is 1.70. The molecule has 0 aromatic heterocycles. The van der Waals surface area contributed by atoms with Crippen molar-refractivity contribution in [3.63, 3.8) is 0 Å². The molecule has 3 nitrogen and oxygen atoms in total. The van der Waals surface area contributed by atoms with Crippen LogP contribution in [0.25, 0.3) is 0 Å². The molecule has 3 heteroatoms. The van der Waals surface area contributed by atoms with Gasteiger partial charge in [-0.1, -0.05) is 12.8 Å². The summed E-state index contributed by atoms with van der Waals surface area (Å²) in [5, 5.41) is 0. The van der Waals surface area contributed by atoms with E-state index in [1.165, 1.54) is 38.5 Å². The molecule has 0 bridgehead atoms. The van der Waals surface area contributed by atoms with Gasteiger partial charge in [-0.2, -0.15) is 0 Å². The fourth-order valence-corrected chi connectivity index (χ4v) is 3.99. The first-order valence-electron chi connectivity index (χ1n) is 7.37. The summed E-state index contributed by atoms with van der Waals surface area (Å²) in [5.41, 5.74) is 6.48. The van der Waals surface area contributed by atoms with E-state index in [1.807, 2.05) is 0 Å². The van der Waals surface area contributed by atoms with Crippen LogP contribution < -0.4 is 5.73 Å². The van der Waals surface area contributed by atoms with Crippen LogP contribution in [0.5, 0.6) is 0 Å².